The quantitative estimate of drug-likeness (QED) is 0.710. The largest absolute Gasteiger partial charge is 0.372 e. The molecule has 0 aliphatic carbocycles. The van der Waals surface area contributed by atoms with Crippen molar-refractivity contribution in [3.8, 4) is 0 Å². The number of para-hydroxylation sites is 1. The number of rotatable bonds is 9. The van der Waals surface area contributed by atoms with Gasteiger partial charge in [-0.1, -0.05) is 39.0 Å². The van der Waals surface area contributed by atoms with Crippen molar-refractivity contribution < 1.29 is 0 Å². The van der Waals surface area contributed by atoms with Crippen molar-refractivity contribution in [3.05, 3.63) is 29.8 Å². The molecule has 0 saturated heterocycles. The van der Waals surface area contributed by atoms with Crippen LogP contribution < -0.4 is 10.2 Å². The van der Waals surface area contributed by atoms with Gasteiger partial charge in [-0.15, -0.1) is 0 Å². The molecule has 0 spiro atoms. The molecule has 1 atom stereocenters. The van der Waals surface area contributed by atoms with Crippen molar-refractivity contribution in [1.29, 1.82) is 0 Å². The van der Waals surface area contributed by atoms with Gasteiger partial charge < -0.3 is 10.2 Å². The average Bonchev–Trinajstić information content (AvgIpc) is 2.46. The van der Waals surface area contributed by atoms with Gasteiger partial charge in [-0.2, -0.15) is 0 Å². The maximum Gasteiger partial charge on any atom is 0.0414 e. The van der Waals surface area contributed by atoms with E-state index in [4.69, 9.17) is 0 Å². The van der Waals surface area contributed by atoms with Crippen LogP contribution >= 0.6 is 0 Å². The maximum atomic E-state index is 3.67. The second kappa shape index (κ2) is 8.98. The predicted molar refractivity (Wildman–Crippen MR) is 85.9 cm³/mol. The minimum absolute atomic E-state index is 0.474. The fourth-order valence-electron chi connectivity index (χ4n) is 2.58. The second-order valence-corrected chi connectivity index (χ2v) is 5.05. The summed E-state index contributed by atoms with van der Waals surface area (Å²) >= 11 is 0. The summed E-state index contributed by atoms with van der Waals surface area (Å²) in [4.78, 5) is 2.49. The number of nitrogens with one attached hydrogen (secondary N) is 1. The Kier molecular flexibility index (Phi) is 7.57. The van der Waals surface area contributed by atoms with Gasteiger partial charge in [0, 0.05) is 24.8 Å². The lowest BCUT2D eigenvalue weighted by Crippen LogP contribution is -2.28. The third-order valence-electron chi connectivity index (χ3n) is 3.58. The topological polar surface area (TPSA) is 15.3 Å². The van der Waals surface area contributed by atoms with Crippen molar-refractivity contribution in [1.82, 2.24) is 5.32 Å². The molecule has 0 bridgehead atoms. The van der Waals surface area contributed by atoms with E-state index in [0.29, 0.717) is 6.04 Å². The molecule has 0 heterocycles. The monoisotopic (exact) mass is 262 g/mol. The summed E-state index contributed by atoms with van der Waals surface area (Å²) < 4.78 is 0. The molecule has 108 valence electrons. The van der Waals surface area contributed by atoms with Crippen LogP contribution in [0.3, 0.4) is 0 Å². The van der Waals surface area contributed by atoms with E-state index in [0.717, 1.165) is 26.1 Å². The van der Waals surface area contributed by atoms with E-state index in [9.17, 15) is 0 Å². The Labute approximate surface area is 119 Å². The zero-order valence-corrected chi connectivity index (χ0v) is 13.1. The van der Waals surface area contributed by atoms with Crippen LogP contribution in [0.5, 0.6) is 0 Å². The summed E-state index contributed by atoms with van der Waals surface area (Å²) in [7, 11) is 0. The highest BCUT2D eigenvalue weighted by atomic mass is 15.1. The van der Waals surface area contributed by atoms with Crippen LogP contribution in [0, 0.1) is 0 Å². The van der Waals surface area contributed by atoms with Crippen LogP contribution in [-0.2, 0) is 0 Å². The zero-order chi connectivity index (χ0) is 14.1. The molecule has 0 fully saturated rings. The summed E-state index contributed by atoms with van der Waals surface area (Å²) in [6.07, 6.45) is 3.52. The molecule has 2 nitrogen and oxygen atoms in total. The summed E-state index contributed by atoms with van der Waals surface area (Å²) in [5, 5.41) is 3.67. The smallest absolute Gasteiger partial charge is 0.0414 e. The van der Waals surface area contributed by atoms with E-state index >= 15 is 0 Å². The fraction of sp³-hybridized carbons (Fsp3) is 0.647. The van der Waals surface area contributed by atoms with Gasteiger partial charge in [0.05, 0.1) is 0 Å². The van der Waals surface area contributed by atoms with E-state index in [1.54, 1.807) is 0 Å². The molecular formula is C17H30N2. The van der Waals surface area contributed by atoms with Gasteiger partial charge in [-0.05, 0) is 44.4 Å². The first kappa shape index (κ1) is 16.0. The Morgan fingerprint density at radius 1 is 1.05 bits per heavy atom. The van der Waals surface area contributed by atoms with Gasteiger partial charge in [0.2, 0.25) is 0 Å². The SMILES string of the molecule is CCCNC(CC)c1ccccc1N(CC)CCC. The van der Waals surface area contributed by atoms with Gasteiger partial charge in [0.1, 0.15) is 0 Å². The Morgan fingerprint density at radius 3 is 2.37 bits per heavy atom. The molecule has 1 aromatic rings. The molecule has 1 aromatic carbocycles. The lowest BCUT2D eigenvalue weighted by molar-refractivity contribution is 0.517. The van der Waals surface area contributed by atoms with Crippen LogP contribution in [0.25, 0.3) is 0 Å². The van der Waals surface area contributed by atoms with Crippen molar-refractivity contribution in [2.75, 3.05) is 24.5 Å². The number of hydrogen-bond acceptors (Lipinski definition) is 2. The van der Waals surface area contributed by atoms with Gasteiger partial charge in [0.25, 0.3) is 0 Å². The van der Waals surface area contributed by atoms with Crippen LogP contribution in [-0.4, -0.2) is 19.6 Å². The number of benzene rings is 1. The van der Waals surface area contributed by atoms with E-state index in [2.05, 4.69) is 62.2 Å². The minimum Gasteiger partial charge on any atom is -0.372 e. The van der Waals surface area contributed by atoms with Crippen molar-refractivity contribution in [3.63, 3.8) is 0 Å². The third kappa shape index (κ3) is 4.54. The highest BCUT2D eigenvalue weighted by molar-refractivity contribution is 5.55. The van der Waals surface area contributed by atoms with E-state index in [1.165, 1.54) is 24.1 Å². The highest BCUT2D eigenvalue weighted by Gasteiger charge is 2.15. The molecule has 1 rings (SSSR count). The molecular weight excluding hydrogens is 232 g/mol. The Bertz CT molecular complexity index is 349. The minimum atomic E-state index is 0.474. The van der Waals surface area contributed by atoms with Gasteiger partial charge in [-0.25, -0.2) is 0 Å². The summed E-state index contributed by atoms with van der Waals surface area (Å²) in [5.74, 6) is 0. The molecule has 2 heteroatoms. The highest BCUT2D eigenvalue weighted by Crippen LogP contribution is 2.28. The third-order valence-corrected chi connectivity index (χ3v) is 3.58. The van der Waals surface area contributed by atoms with Crippen LogP contribution in [0.4, 0.5) is 5.69 Å². The normalized spacial score (nSPS) is 12.4. The molecule has 0 amide bonds. The molecule has 1 unspecified atom stereocenters. The number of nitrogens with zero attached hydrogens (tertiary/aromatic N) is 1. The second-order valence-electron chi connectivity index (χ2n) is 5.05. The van der Waals surface area contributed by atoms with Crippen LogP contribution in [0.1, 0.15) is 58.6 Å². The van der Waals surface area contributed by atoms with Crippen molar-refractivity contribution in [2.45, 2.75) is 53.0 Å². The molecule has 0 aromatic heterocycles. The fourth-order valence-corrected chi connectivity index (χ4v) is 2.58. The molecule has 1 N–H and O–H groups in total. The van der Waals surface area contributed by atoms with E-state index in [1.807, 2.05) is 0 Å². The first-order valence-corrected chi connectivity index (χ1v) is 7.85. The van der Waals surface area contributed by atoms with Crippen LogP contribution in [0.2, 0.25) is 0 Å². The molecule has 0 saturated carbocycles. The van der Waals surface area contributed by atoms with Crippen molar-refractivity contribution >= 4 is 5.69 Å². The maximum absolute atomic E-state index is 3.67. The first-order chi connectivity index (χ1) is 9.28. The number of anilines is 1. The van der Waals surface area contributed by atoms with Crippen LogP contribution in [0.15, 0.2) is 24.3 Å². The van der Waals surface area contributed by atoms with E-state index in [-0.39, 0.29) is 0 Å². The lowest BCUT2D eigenvalue weighted by Gasteiger charge is -2.28. The van der Waals surface area contributed by atoms with Crippen molar-refractivity contribution in [2.24, 2.45) is 0 Å². The lowest BCUT2D eigenvalue weighted by atomic mass is 10.0. The Hall–Kier alpha value is -1.02. The summed E-state index contributed by atoms with van der Waals surface area (Å²) in [5.41, 5.74) is 2.86. The summed E-state index contributed by atoms with van der Waals surface area (Å²) in [6.45, 7) is 12.3. The first-order valence-electron chi connectivity index (χ1n) is 7.85. The Balaban J connectivity index is 2.97. The van der Waals surface area contributed by atoms with Gasteiger partial charge in [-0.3, -0.25) is 0 Å². The molecule has 0 aliphatic rings. The van der Waals surface area contributed by atoms with Gasteiger partial charge >= 0.3 is 0 Å². The molecule has 0 aliphatic heterocycles. The average molecular weight is 262 g/mol. The number of hydrogen-bond donors (Lipinski definition) is 1. The zero-order valence-electron chi connectivity index (χ0n) is 13.1. The standard InChI is InChI=1S/C17H30N2/c1-5-13-18-16(7-3)15-11-9-10-12-17(15)19(8-4)14-6-2/h9-12,16,18H,5-8,13-14H2,1-4H3. The summed E-state index contributed by atoms with van der Waals surface area (Å²) in [6, 6.07) is 9.34. The van der Waals surface area contributed by atoms with E-state index < -0.39 is 0 Å². The Morgan fingerprint density at radius 2 is 1.79 bits per heavy atom. The predicted octanol–water partition coefficient (Wildman–Crippen LogP) is 4.37. The van der Waals surface area contributed by atoms with Gasteiger partial charge in [0.15, 0.2) is 0 Å². The molecule has 19 heavy (non-hydrogen) atoms. The molecule has 0 radical (unpaired) electrons.